The number of hydrogen-bond acceptors (Lipinski definition) is 4. The number of amides is 1. The number of nitrogens with zero attached hydrogens (tertiary/aromatic N) is 2. The van der Waals surface area contributed by atoms with Crippen molar-refractivity contribution in [2.75, 3.05) is 13.1 Å². The number of nitriles is 1. The van der Waals surface area contributed by atoms with Crippen LogP contribution in [0.2, 0.25) is 5.02 Å². The van der Waals surface area contributed by atoms with Gasteiger partial charge in [0.05, 0.1) is 11.0 Å². The Kier molecular flexibility index (Phi) is 3.78. The summed E-state index contributed by atoms with van der Waals surface area (Å²) in [7, 11) is -3.44. The molecule has 1 aromatic rings. The summed E-state index contributed by atoms with van der Waals surface area (Å²) in [6, 6.07) is 7.70. The monoisotopic (exact) mass is 298 g/mol. The van der Waals surface area contributed by atoms with Crippen LogP contribution in [0.15, 0.2) is 29.2 Å². The summed E-state index contributed by atoms with van der Waals surface area (Å²) in [5, 5.41) is 8.28. The van der Waals surface area contributed by atoms with Gasteiger partial charge in [0, 0.05) is 18.1 Å². The lowest BCUT2D eigenvalue weighted by molar-refractivity contribution is -0.133. The Bertz CT molecular complexity index is 628. The highest BCUT2D eigenvalue weighted by molar-refractivity contribution is 7.92. The Balaban J connectivity index is 2.07. The van der Waals surface area contributed by atoms with Gasteiger partial charge < -0.3 is 4.90 Å². The van der Waals surface area contributed by atoms with Gasteiger partial charge in [-0.2, -0.15) is 5.26 Å². The molecule has 100 valence electrons. The fraction of sp³-hybridized carbons (Fsp3) is 0.333. The van der Waals surface area contributed by atoms with Gasteiger partial charge in [-0.25, -0.2) is 8.42 Å². The van der Waals surface area contributed by atoms with Gasteiger partial charge in [-0.05, 0) is 24.3 Å². The first-order valence-corrected chi connectivity index (χ1v) is 7.52. The average Bonchev–Trinajstić information content (AvgIpc) is 2.27. The zero-order chi connectivity index (χ0) is 14.0. The van der Waals surface area contributed by atoms with E-state index in [9.17, 15) is 13.2 Å². The minimum Gasteiger partial charge on any atom is -0.339 e. The number of carbonyl (C=O) groups is 1. The van der Waals surface area contributed by atoms with Crippen molar-refractivity contribution in [3.63, 3.8) is 0 Å². The minimum atomic E-state index is -3.44. The van der Waals surface area contributed by atoms with Crippen molar-refractivity contribution >= 4 is 27.3 Å². The maximum atomic E-state index is 12.2. The predicted molar refractivity (Wildman–Crippen MR) is 69.2 cm³/mol. The van der Waals surface area contributed by atoms with Crippen molar-refractivity contribution in [2.45, 2.75) is 16.6 Å². The number of sulfone groups is 1. The van der Waals surface area contributed by atoms with E-state index >= 15 is 0 Å². The Morgan fingerprint density at radius 1 is 1.37 bits per heavy atom. The summed E-state index contributed by atoms with van der Waals surface area (Å²) in [5.74, 6) is -0.329. The Labute approximate surface area is 116 Å². The molecule has 2 rings (SSSR count). The molecule has 0 radical (unpaired) electrons. The van der Waals surface area contributed by atoms with E-state index in [1.807, 2.05) is 0 Å². The van der Waals surface area contributed by atoms with Crippen LogP contribution < -0.4 is 0 Å². The quantitative estimate of drug-likeness (QED) is 0.841. The standard InChI is InChI=1S/C12H11ClN2O3S/c13-9-1-3-10(4-2-9)19(17,18)11-7-15(8-11)12(16)5-6-14/h1-4,11H,5,7-8H2. The molecule has 1 saturated heterocycles. The molecule has 0 saturated carbocycles. The number of benzene rings is 1. The summed E-state index contributed by atoms with van der Waals surface area (Å²) in [6.45, 7) is 0.289. The lowest BCUT2D eigenvalue weighted by Crippen LogP contribution is -2.56. The first kappa shape index (κ1) is 13.8. The fourth-order valence-electron chi connectivity index (χ4n) is 1.83. The van der Waals surface area contributed by atoms with Crippen molar-refractivity contribution in [1.82, 2.24) is 4.90 Å². The normalized spacial score (nSPS) is 15.7. The van der Waals surface area contributed by atoms with Crippen LogP contribution in [0, 0.1) is 11.3 Å². The van der Waals surface area contributed by atoms with E-state index < -0.39 is 15.1 Å². The molecule has 0 atom stereocenters. The molecule has 0 unspecified atom stereocenters. The van der Waals surface area contributed by atoms with Gasteiger partial charge in [0.1, 0.15) is 11.7 Å². The number of likely N-dealkylation sites (tertiary alicyclic amines) is 1. The maximum absolute atomic E-state index is 12.2. The van der Waals surface area contributed by atoms with Crippen LogP contribution in [-0.2, 0) is 14.6 Å². The van der Waals surface area contributed by atoms with Gasteiger partial charge in [-0.3, -0.25) is 4.79 Å². The van der Waals surface area contributed by atoms with E-state index in [0.717, 1.165) is 0 Å². The van der Waals surface area contributed by atoms with Crippen molar-refractivity contribution < 1.29 is 13.2 Å². The first-order valence-electron chi connectivity index (χ1n) is 5.59. The molecule has 1 amide bonds. The van der Waals surface area contributed by atoms with Crippen molar-refractivity contribution in [3.05, 3.63) is 29.3 Å². The van der Waals surface area contributed by atoms with Crippen LogP contribution in [0.4, 0.5) is 0 Å². The molecule has 1 aliphatic rings. The van der Waals surface area contributed by atoms with Crippen molar-refractivity contribution in [3.8, 4) is 6.07 Å². The molecular formula is C12H11ClN2O3S. The van der Waals surface area contributed by atoms with Crippen LogP contribution in [0.25, 0.3) is 0 Å². The SMILES string of the molecule is N#CCC(=O)N1CC(S(=O)(=O)c2ccc(Cl)cc2)C1. The van der Waals surface area contributed by atoms with Crippen LogP contribution >= 0.6 is 11.6 Å². The van der Waals surface area contributed by atoms with E-state index in [-0.39, 0.29) is 30.3 Å². The van der Waals surface area contributed by atoms with E-state index in [1.165, 1.54) is 29.2 Å². The van der Waals surface area contributed by atoms with Gasteiger partial charge >= 0.3 is 0 Å². The maximum Gasteiger partial charge on any atom is 0.236 e. The summed E-state index contributed by atoms with van der Waals surface area (Å²) >= 11 is 5.71. The fourth-order valence-corrected chi connectivity index (χ4v) is 3.61. The molecule has 7 heteroatoms. The van der Waals surface area contributed by atoms with E-state index in [4.69, 9.17) is 16.9 Å². The molecule has 0 aromatic heterocycles. The number of carbonyl (C=O) groups excluding carboxylic acids is 1. The Morgan fingerprint density at radius 2 is 1.95 bits per heavy atom. The number of rotatable bonds is 3. The van der Waals surface area contributed by atoms with Crippen molar-refractivity contribution in [1.29, 1.82) is 5.26 Å². The van der Waals surface area contributed by atoms with E-state index in [1.54, 1.807) is 6.07 Å². The lowest BCUT2D eigenvalue weighted by atomic mass is 10.2. The Morgan fingerprint density at radius 3 is 2.47 bits per heavy atom. The van der Waals surface area contributed by atoms with Crippen LogP contribution in [-0.4, -0.2) is 37.6 Å². The third kappa shape index (κ3) is 2.72. The molecular weight excluding hydrogens is 288 g/mol. The first-order chi connectivity index (χ1) is 8.95. The molecule has 0 aliphatic carbocycles. The summed E-state index contributed by atoms with van der Waals surface area (Å²) in [6.07, 6.45) is -0.215. The molecule has 1 aromatic carbocycles. The zero-order valence-electron chi connectivity index (χ0n) is 9.91. The molecule has 0 bridgehead atoms. The molecule has 19 heavy (non-hydrogen) atoms. The molecule has 1 aliphatic heterocycles. The van der Waals surface area contributed by atoms with Crippen molar-refractivity contribution in [2.24, 2.45) is 0 Å². The molecule has 5 nitrogen and oxygen atoms in total. The highest BCUT2D eigenvalue weighted by Gasteiger charge is 2.40. The number of halogens is 1. The molecule has 1 fully saturated rings. The van der Waals surface area contributed by atoms with Gasteiger partial charge in [0.2, 0.25) is 5.91 Å². The predicted octanol–water partition coefficient (Wildman–Crippen LogP) is 1.24. The van der Waals surface area contributed by atoms with Crippen LogP contribution in [0.1, 0.15) is 6.42 Å². The van der Waals surface area contributed by atoms with Gasteiger partial charge in [-0.1, -0.05) is 11.6 Å². The zero-order valence-corrected chi connectivity index (χ0v) is 11.5. The third-order valence-corrected chi connectivity index (χ3v) is 5.37. The van der Waals surface area contributed by atoms with E-state index in [2.05, 4.69) is 0 Å². The van der Waals surface area contributed by atoms with Crippen LogP contribution in [0.3, 0.4) is 0 Å². The van der Waals surface area contributed by atoms with Gasteiger partial charge in [0.25, 0.3) is 0 Å². The lowest BCUT2D eigenvalue weighted by Gasteiger charge is -2.38. The second-order valence-electron chi connectivity index (χ2n) is 4.25. The average molecular weight is 299 g/mol. The largest absolute Gasteiger partial charge is 0.339 e. The van der Waals surface area contributed by atoms with E-state index in [0.29, 0.717) is 5.02 Å². The second kappa shape index (κ2) is 5.19. The smallest absolute Gasteiger partial charge is 0.236 e. The highest BCUT2D eigenvalue weighted by atomic mass is 35.5. The summed E-state index contributed by atoms with van der Waals surface area (Å²) < 4.78 is 24.4. The second-order valence-corrected chi connectivity index (χ2v) is 6.92. The number of hydrogen-bond donors (Lipinski definition) is 0. The molecule has 0 spiro atoms. The molecule has 0 N–H and O–H groups in total. The van der Waals surface area contributed by atoms with Gasteiger partial charge in [-0.15, -0.1) is 0 Å². The topological polar surface area (TPSA) is 78.2 Å². The van der Waals surface area contributed by atoms with Crippen LogP contribution in [0.5, 0.6) is 0 Å². The Hall–Kier alpha value is -1.58. The summed E-state index contributed by atoms with van der Waals surface area (Å²) in [5.41, 5.74) is 0. The molecule has 1 heterocycles. The highest BCUT2D eigenvalue weighted by Crippen LogP contribution is 2.25. The summed E-state index contributed by atoms with van der Waals surface area (Å²) in [4.78, 5) is 12.9. The van der Waals surface area contributed by atoms with Gasteiger partial charge in [0.15, 0.2) is 9.84 Å². The third-order valence-electron chi connectivity index (χ3n) is 3.01. The minimum absolute atomic E-state index is 0.144.